The third-order valence-corrected chi connectivity index (χ3v) is 4.29. The van der Waals surface area contributed by atoms with Crippen molar-refractivity contribution in [2.24, 2.45) is 0 Å². The van der Waals surface area contributed by atoms with Crippen molar-refractivity contribution in [1.29, 1.82) is 0 Å². The Morgan fingerprint density at radius 2 is 2.06 bits per heavy atom. The third-order valence-electron chi connectivity index (χ3n) is 2.38. The number of alkyl halides is 1. The van der Waals surface area contributed by atoms with E-state index in [1.165, 1.54) is 0 Å². The maximum Gasteiger partial charge on any atom is 0.161 e. The van der Waals surface area contributed by atoms with E-state index in [4.69, 9.17) is 21.1 Å². The Kier molecular flexibility index (Phi) is 4.92. The van der Waals surface area contributed by atoms with Crippen LogP contribution in [0.1, 0.15) is 10.4 Å². The molecule has 0 N–H and O–H groups in total. The molecule has 2 rings (SSSR count). The zero-order chi connectivity index (χ0) is 13.0. The maximum atomic E-state index is 5.78. The van der Waals surface area contributed by atoms with Crippen molar-refractivity contribution < 1.29 is 9.47 Å². The number of methoxy groups -OCH3 is 1. The summed E-state index contributed by atoms with van der Waals surface area (Å²) in [5.41, 5.74) is 1.01. The van der Waals surface area contributed by atoms with E-state index in [2.05, 4.69) is 15.9 Å². The van der Waals surface area contributed by atoms with Gasteiger partial charge >= 0.3 is 0 Å². The summed E-state index contributed by atoms with van der Waals surface area (Å²) in [5.74, 6) is 1.91. The minimum atomic E-state index is 0.467. The molecule has 0 bridgehead atoms. The lowest BCUT2D eigenvalue weighted by molar-refractivity contribution is 0.287. The van der Waals surface area contributed by atoms with Crippen LogP contribution in [-0.2, 0) is 12.5 Å². The Morgan fingerprint density at radius 1 is 1.22 bits per heavy atom. The topological polar surface area (TPSA) is 18.5 Å². The molecule has 1 heterocycles. The molecule has 0 aliphatic carbocycles. The predicted octanol–water partition coefficient (Wildman–Crippen LogP) is 4.84. The molecule has 0 spiro atoms. The highest BCUT2D eigenvalue weighted by Crippen LogP contribution is 2.30. The Bertz CT molecular complexity index is 527. The zero-order valence-corrected chi connectivity index (χ0v) is 12.9. The highest BCUT2D eigenvalue weighted by atomic mass is 79.9. The van der Waals surface area contributed by atoms with E-state index >= 15 is 0 Å². The number of halogens is 2. The van der Waals surface area contributed by atoms with Gasteiger partial charge in [0, 0.05) is 10.8 Å². The average molecular weight is 348 g/mol. The molecule has 5 heteroatoms. The predicted molar refractivity (Wildman–Crippen MR) is 78.9 cm³/mol. The Morgan fingerprint density at radius 3 is 2.67 bits per heavy atom. The molecular weight excluding hydrogens is 336 g/mol. The van der Waals surface area contributed by atoms with Gasteiger partial charge in [0.25, 0.3) is 0 Å². The summed E-state index contributed by atoms with van der Waals surface area (Å²) >= 11 is 10.9. The fraction of sp³-hybridized carbons (Fsp3) is 0.231. The van der Waals surface area contributed by atoms with E-state index in [1.54, 1.807) is 18.4 Å². The van der Waals surface area contributed by atoms with Crippen LogP contribution in [0.4, 0.5) is 0 Å². The van der Waals surface area contributed by atoms with Gasteiger partial charge in [0.2, 0.25) is 0 Å². The lowest BCUT2D eigenvalue weighted by atomic mass is 10.2. The van der Waals surface area contributed by atoms with Crippen molar-refractivity contribution in [2.75, 3.05) is 7.11 Å². The molecule has 0 fully saturated rings. The van der Waals surface area contributed by atoms with Crippen molar-refractivity contribution in [3.63, 3.8) is 0 Å². The first-order valence-electron chi connectivity index (χ1n) is 5.33. The number of hydrogen-bond donors (Lipinski definition) is 0. The second-order valence-electron chi connectivity index (χ2n) is 3.61. The van der Waals surface area contributed by atoms with Crippen LogP contribution in [-0.4, -0.2) is 7.11 Å². The van der Waals surface area contributed by atoms with Crippen LogP contribution in [0.5, 0.6) is 11.5 Å². The SMILES string of the molecule is COc1cc(CCl)ccc1OCc1ccc(Br)s1. The first-order chi connectivity index (χ1) is 8.72. The average Bonchev–Trinajstić information content (AvgIpc) is 2.82. The molecule has 0 aliphatic heterocycles. The third kappa shape index (κ3) is 3.40. The van der Waals surface area contributed by atoms with E-state index < -0.39 is 0 Å². The van der Waals surface area contributed by atoms with Crippen LogP contribution in [0.3, 0.4) is 0 Å². The molecule has 96 valence electrons. The molecule has 1 aromatic heterocycles. The Hall–Kier alpha value is -0.710. The fourth-order valence-electron chi connectivity index (χ4n) is 1.49. The first-order valence-corrected chi connectivity index (χ1v) is 7.47. The Balaban J connectivity index is 2.08. The molecule has 0 amide bonds. The van der Waals surface area contributed by atoms with E-state index in [-0.39, 0.29) is 0 Å². The second-order valence-corrected chi connectivity index (χ2v) is 6.43. The number of hydrogen-bond acceptors (Lipinski definition) is 3. The molecule has 0 aliphatic rings. The molecular formula is C13H12BrClO2S. The van der Waals surface area contributed by atoms with Gasteiger partial charge in [0.15, 0.2) is 11.5 Å². The lowest BCUT2D eigenvalue weighted by Gasteiger charge is -2.10. The monoisotopic (exact) mass is 346 g/mol. The molecule has 1 aromatic carbocycles. The summed E-state index contributed by atoms with van der Waals surface area (Å²) < 4.78 is 12.1. The van der Waals surface area contributed by atoms with Gasteiger partial charge in [-0.3, -0.25) is 0 Å². The van der Waals surface area contributed by atoms with Gasteiger partial charge in [0.05, 0.1) is 10.9 Å². The largest absolute Gasteiger partial charge is 0.493 e. The molecule has 0 saturated carbocycles. The van der Waals surface area contributed by atoms with Gasteiger partial charge in [-0.2, -0.15) is 0 Å². The van der Waals surface area contributed by atoms with Gasteiger partial charge in [-0.15, -0.1) is 22.9 Å². The van der Waals surface area contributed by atoms with Crippen LogP contribution in [0.2, 0.25) is 0 Å². The summed E-state index contributed by atoms with van der Waals surface area (Å²) in [4.78, 5) is 1.16. The summed E-state index contributed by atoms with van der Waals surface area (Å²) in [6.07, 6.45) is 0. The molecule has 0 unspecified atom stereocenters. The maximum absolute atomic E-state index is 5.78. The summed E-state index contributed by atoms with van der Waals surface area (Å²) in [7, 11) is 1.63. The van der Waals surface area contributed by atoms with Gasteiger partial charge in [-0.25, -0.2) is 0 Å². The highest BCUT2D eigenvalue weighted by molar-refractivity contribution is 9.11. The van der Waals surface area contributed by atoms with E-state index in [0.717, 1.165) is 20.0 Å². The number of thiophene rings is 1. The standard InChI is InChI=1S/C13H12BrClO2S/c1-16-12-6-9(7-15)2-4-11(12)17-8-10-3-5-13(14)18-10/h2-6H,7-8H2,1H3. The van der Waals surface area contributed by atoms with Crippen LogP contribution >= 0.6 is 38.9 Å². The quantitative estimate of drug-likeness (QED) is 0.721. The second kappa shape index (κ2) is 6.45. The van der Waals surface area contributed by atoms with E-state index in [9.17, 15) is 0 Å². The van der Waals surface area contributed by atoms with Crippen LogP contribution < -0.4 is 9.47 Å². The van der Waals surface area contributed by atoms with Gasteiger partial charge in [-0.1, -0.05) is 6.07 Å². The molecule has 0 atom stereocenters. The van der Waals surface area contributed by atoms with Crippen molar-refractivity contribution in [3.8, 4) is 11.5 Å². The lowest BCUT2D eigenvalue weighted by Crippen LogP contribution is -1.96. The summed E-state index contributed by atoms with van der Waals surface area (Å²) in [6.45, 7) is 0.535. The van der Waals surface area contributed by atoms with Gasteiger partial charge in [0.1, 0.15) is 6.61 Å². The molecule has 0 radical (unpaired) electrons. The zero-order valence-electron chi connectivity index (χ0n) is 9.78. The minimum Gasteiger partial charge on any atom is -0.493 e. The van der Waals surface area contributed by atoms with Crippen molar-refractivity contribution in [2.45, 2.75) is 12.5 Å². The fourth-order valence-corrected chi connectivity index (χ4v) is 3.06. The van der Waals surface area contributed by atoms with Crippen molar-refractivity contribution >= 4 is 38.9 Å². The molecule has 2 aromatic rings. The number of benzene rings is 1. The van der Waals surface area contributed by atoms with Crippen molar-refractivity contribution in [3.05, 3.63) is 44.6 Å². The minimum absolute atomic E-state index is 0.467. The Labute approximate surface area is 124 Å². The molecule has 0 saturated heterocycles. The normalized spacial score (nSPS) is 10.4. The van der Waals surface area contributed by atoms with Gasteiger partial charge < -0.3 is 9.47 Å². The highest BCUT2D eigenvalue weighted by Gasteiger charge is 2.06. The smallest absolute Gasteiger partial charge is 0.161 e. The summed E-state index contributed by atoms with van der Waals surface area (Å²) in [5, 5.41) is 0. The molecule has 2 nitrogen and oxygen atoms in total. The first kappa shape index (κ1) is 13.7. The van der Waals surface area contributed by atoms with Crippen LogP contribution in [0.15, 0.2) is 34.1 Å². The van der Waals surface area contributed by atoms with Crippen LogP contribution in [0.25, 0.3) is 0 Å². The van der Waals surface area contributed by atoms with Crippen molar-refractivity contribution in [1.82, 2.24) is 0 Å². The summed E-state index contributed by atoms with van der Waals surface area (Å²) in [6, 6.07) is 9.77. The van der Waals surface area contributed by atoms with Gasteiger partial charge in [-0.05, 0) is 45.8 Å². The van der Waals surface area contributed by atoms with E-state index in [1.807, 2.05) is 30.3 Å². The number of rotatable bonds is 5. The van der Waals surface area contributed by atoms with Crippen LogP contribution in [0, 0.1) is 0 Å². The van der Waals surface area contributed by atoms with E-state index in [0.29, 0.717) is 18.2 Å². The molecule has 18 heavy (non-hydrogen) atoms. The number of ether oxygens (including phenoxy) is 2.